The highest BCUT2D eigenvalue weighted by molar-refractivity contribution is 5.98. The average molecular weight is 239 g/mol. The fourth-order valence-electron chi connectivity index (χ4n) is 1.91. The van der Waals surface area contributed by atoms with E-state index in [4.69, 9.17) is 4.74 Å². The van der Waals surface area contributed by atoms with Gasteiger partial charge in [0.2, 0.25) is 0 Å². The monoisotopic (exact) mass is 239 g/mol. The summed E-state index contributed by atoms with van der Waals surface area (Å²) in [5, 5.41) is 31.9. The molecule has 1 heterocycles. The summed E-state index contributed by atoms with van der Waals surface area (Å²) in [5.41, 5.74) is 0.0861. The Balaban J connectivity index is 2.70. The van der Waals surface area contributed by atoms with Crippen LogP contribution in [-0.2, 0) is 4.74 Å². The molecule has 2 atom stereocenters. The van der Waals surface area contributed by atoms with Crippen LogP contribution in [0, 0.1) is 0 Å². The van der Waals surface area contributed by atoms with Gasteiger partial charge in [-0.25, -0.2) is 4.79 Å². The van der Waals surface area contributed by atoms with Gasteiger partial charge in [-0.05, 0) is 13.0 Å². The van der Waals surface area contributed by atoms with Gasteiger partial charge in [0, 0.05) is 12.6 Å². The Hall–Kier alpha value is -1.95. The number of rotatable bonds is 1. The number of ether oxygens (including phenoxy) is 1. The fraction of sp³-hybridized carbons (Fsp3) is 0.364. The maximum absolute atomic E-state index is 11.6. The van der Waals surface area contributed by atoms with E-state index in [9.17, 15) is 20.1 Å². The van der Waals surface area contributed by atoms with Crippen LogP contribution in [0.1, 0.15) is 28.9 Å². The molecule has 0 spiro atoms. The van der Waals surface area contributed by atoms with E-state index in [0.717, 1.165) is 0 Å². The van der Waals surface area contributed by atoms with Crippen LogP contribution >= 0.6 is 0 Å². The third-order valence-corrected chi connectivity index (χ3v) is 2.82. The molecular weight excluding hydrogens is 226 g/mol. The van der Waals surface area contributed by atoms with Crippen LogP contribution < -0.4 is 5.32 Å². The van der Waals surface area contributed by atoms with E-state index in [2.05, 4.69) is 5.32 Å². The molecule has 0 radical (unpaired) electrons. The molecule has 0 aliphatic carbocycles. The number of carbonyl (C=O) groups excluding carboxylic acids is 1. The van der Waals surface area contributed by atoms with Gasteiger partial charge < -0.3 is 25.4 Å². The predicted molar refractivity (Wildman–Crippen MR) is 59.2 cm³/mol. The number of phenolic OH excluding ortho intramolecular Hbond substituents is 2. The zero-order valence-corrected chi connectivity index (χ0v) is 9.39. The number of aliphatic hydroxyl groups excluding tert-OH is 1. The van der Waals surface area contributed by atoms with Gasteiger partial charge in [0.25, 0.3) is 0 Å². The van der Waals surface area contributed by atoms with E-state index in [1.807, 2.05) is 0 Å². The molecule has 4 N–H and O–H groups in total. The largest absolute Gasteiger partial charge is 0.506 e. The second-order valence-corrected chi connectivity index (χ2v) is 3.89. The quantitative estimate of drug-likeness (QED) is 0.426. The minimum absolute atomic E-state index is 0.0300. The van der Waals surface area contributed by atoms with Crippen molar-refractivity contribution in [2.24, 2.45) is 0 Å². The van der Waals surface area contributed by atoms with E-state index in [-0.39, 0.29) is 22.6 Å². The molecule has 2 unspecified atom stereocenters. The van der Waals surface area contributed by atoms with Crippen molar-refractivity contribution in [3.8, 4) is 11.5 Å². The van der Waals surface area contributed by atoms with Crippen LogP contribution in [0.5, 0.6) is 11.5 Å². The van der Waals surface area contributed by atoms with Crippen molar-refractivity contribution < 1.29 is 24.9 Å². The molecule has 92 valence electrons. The summed E-state index contributed by atoms with van der Waals surface area (Å²) in [4.78, 5) is 11.6. The maximum Gasteiger partial charge on any atom is 0.342 e. The number of carbonyl (C=O) groups is 1. The molecule has 0 saturated carbocycles. The Morgan fingerprint density at radius 1 is 1.41 bits per heavy atom. The van der Waals surface area contributed by atoms with Crippen LogP contribution in [0.4, 0.5) is 5.69 Å². The third-order valence-electron chi connectivity index (χ3n) is 2.82. The van der Waals surface area contributed by atoms with Crippen molar-refractivity contribution in [2.45, 2.75) is 19.1 Å². The highest BCUT2D eigenvalue weighted by atomic mass is 16.6. The molecule has 1 aromatic rings. The number of hydrogen-bond donors (Lipinski definition) is 4. The molecule has 0 amide bonds. The van der Waals surface area contributed by atoms with E-state index >= 15 is 0 Å². The first-order valence-electron chi connectivity index (χ1n) is 5.13. The molecule has 0 aromatic heterocycles. The molecule has 0 saturated heterocycles. The summed E-state index contributed by atoms with van der Waals surface area (Å²) >= 11 is 0. The number of aromatic hydroxyl groups is 2. The Kier molecular flexibility index (Phi) is 2.59. The van der Waals surface area contributed by atoms with Gasteiger partial charge in [-0.15, -0.1) is 0 Å². The molecular formula is C11H13NO5. The van der Waals surface area contributed by atoms with Crippen molar-refractivity contribution in [2.75, 3.05) is 12.4 Å². The lowest BCUT2D eigenvalue weighted by Crippen LogP contribution is -2.30. The smallest absolute Gasteiger partial charge is 0.342 e. The first kappa shape index (κ1) is 11.5. The van der Waals surface area contributed by atoms with Crippen molar-refractivity contribution in [3.05, 3.63) is 17.2 Å². The molecule has 0 fully saturated rings. The van der Waals surface area contributed by atoms with Gasteiger partial charge >= 0.3 is 5.97 Å². The normalized spacial score (nSPS) is 22.9. The number of nitrogens with one attached hydrogen (secondary N) is 1. The molecule has 6 heteroatoms. The van der Waals surface area contributed by atoms with Crippen LogP contribution in [0.25, 0.3) is 0 Å². The number of hydrogen-bond acceptors (Lipinski definition) is 6. The number of fused-ring (bicyclic) bond motifs is 1. The minimum atomic E-state index is -1.06. The summed E-state index contributed by atoms with van der Waals surface area (Å²) in [6.07, 6.45) is -1.78. The molecule has 6 nitrogen and oxygen atoms in total. The highest BCUT2D eigenvalue weighted by Crippen LogP contribution is 2.43. The molecule has 0 bridgehead atoms. The SMILES string of the molecule is CNc1c(O)cc2c(c1O)C(=O)OC(C)C2O. The summed E-state index contributed by atoms with van der Waals surface area (Å²) in [5.74, 6) is -1.37. The third kappa shape index (κ3) is 1.57. The first-order chi connectivity index (χ1) is 7.97. The van der Waals surface area contributed by atoms with Gasteiger partial charge in [-0.3, -0.25) is 0 Å². The summed E-state index contributed by atoms with van der Waals surface area (Å²) in [6, 6.07) is 1.25. The predicted octanol–water partition coefficient (Wildman–Crippen LogP) is 0.732. The minimum Gasteiger partial charge on any atom is -0.506 e. The van der Waals surface area contributed by atoms with Crippen molar-refractivity contribution in [1.82, 2.24) is 0 Å². The van der Waals surface area contributed by atoms with Crippen molar-refractivity contribution in [1.29, 1.82) is 0 Å². The maximum atomic E-state index is 11.6. The molecule has 1 aliphatic rings. The fourth-order valence-corrected chi connectivity index (χ4v) is 1.91. The lowest BCUT2D eigenvalue weighted by atomic mass is 9.94. The van der Waals surface area contributed by atoms with E-state index < -0.39 is 23.9 Å². The molecule has 17 heavy (non-hydrogen) atoms. The van der Waals surface area contributed by atoms with Crippen molar-refractivity contribution in [3.63, 3.8) is 0 Å². The number of cyclic esters (lactones) is 1. The molecule has 1 aromatic carbocycles. The van der Waals surface area contributed by atoms with E-state index in [0.29, 0.717) is 0 Å². The van der Waals surface area contributed by atoms with Gasteiger partial charge in [0.1, 0.15) is 29.2 Å². The van der Waals surface area contributed by atoms with Crippen LogP contribution in [-0.4, -0.2) is 34.4 Å². The Bertz CT molecular complexity index is 485. The lowest BCUT2D eigenvalue weighted by molar-refractivity contribution is -0.0217. The Morgan fingerprint density at radius 3 is 2.65 bits per heavy atom. The van der Waals surface area contributed by atoms with Gasteiger partial charge in [0.15, 0.2) is 5.75 Å². The number of anilines is 1. The Morgan fingerprint density at radius 2 is 2.06 bits per heavy atom. The standard InChI is InChI=1S/C11H13NO5/c1-4-9(14)5-3-6(13)8(12-2)10(15)7(5)11(16)17-4/h3-4,9,12-15H,1-2H3. The van der Waals surface area contributed by atoms with Crippen LogP contribution in [0.2, 0.25) is 0 Å². The zero-order valence-electron chi connectivity index (χ0n) is 9.39. The summed E-state index contributed by atoms with van der Waals surface area (Å²) in [7, 11) is 1.49. The Labute approximate surface area is 97.5 Å². The van der Waals surface area contributed by atoms with Crippen molar-refractivity contribution >= 4 is 11.7 Å². The second kappa shape index (κ2) is 3.81. The van der Waals surface area contributed by atoms with Gasteiger partial charge in [0.05, 0.1) is 0 Å². The molecule has 1 aliphatic heterocycles. The number of benzene rings is 1. The average Bonchev–Trinajstić information content (AvgIpc) is 2.25. The highest BCUT2D eigenvalue weighted by Gasteiger charge is 2.35. The summed E-state index contributed by atoms with van der Waals surface area (Å²) in [6.45, 7) is 1.53. The second-order valence-electron chi connectivity index (χ2n) is 3.89. The van der Waals surface area contributed by atoms with E-state index in [1.54, 1.807) is 0 Å². The van der Waals surface area contributed by atoms with Gasteiger partial charge in [-0.2, -0.15) is 0 Å². The van der Waals surface area contributed by atoms with Crippen LogP contribution in [0.15, 0.2) is 6.07 Å². The summed E-state index contributed by atoms with van der Waals surface area (Å²) < 4.78 is 4.89. The first-order valence-corrected chi connectivity index (χ1v) is 5.13. The number of phenols is 2. The van der Waals surface area contributed by atoms with E-state index in [1.165, 1.54) is 20.0 Å². The molecule has 2 rings (SSSR count). The van der Waals surface area contributed by atoms with Gasteiger partial charge in [-0.1, -0.05) is 0 Å². The van der Waals surface area contributed by atoms with Crippen LogP contribution in [0.3, 0.4) is 0 Å². The number of aliphatic hydroxyl groups is 1. The zero-order chi connectivity index (χ0) is 12.7. The topological polar surface area (TPSA) is 99.0 Å². The lowest BCUT2D eigenvalue weighted by Gasteiger charge is -2.28. The number of esters is 1.